The smallest absolute Gasteiger partial charge is 0.335 e. The monoisotopic (exact) mass is 366 g/mol. The van der Waals surface area contributed by atoms with Gasteiger partial charge in [0.2, 0.25) is 5.88 Å². The summed E-state index contributed by atoms with van der Waals surface area (Å²) in [5.74, 6) is 0.0814. The molecular weight excluding hydrogens is 348 g/mol. The second-order valence-corrected chi connectivity index (χ2v) is 5.75. The Morgan fingerprint density at radius 1 is 1.15 bits per heavy atom. The molecule has 138 valence electrons. The number of aromatic hydroxyl groups is 1. The standard InChI is InChI=1S/C19H18N4O4/c1-11(21-15-6-4-3-5-14(15)20)16-17(24)22-19(26)23(18(16)25)12-7-9-13(27-2)10-8-12/h3-10,25H,20H2,1-2H3,(H,22,24,26). The van der Waals surface area contributed by atoms with Crippen LogP contribution < -0.4 is 21.7 Å². The zero-order valence-electron chi connectivity index (χ0n) is 14.8. The minimum atomic E-state index is -0.765. The van der Waals surface area contributed by atoms with Crippen LogP contribution in [0.25, 0.3) is 5.69 Å². The molecule has 0 bridgehead atoms. The van der Waals surface area contributed by atoms with Crippen LogP contribution in [0.4, 0.5) is 11.4 Å². The molecule has 27 heavy (non-hydrogen) atoms. The van der Waals surface area contributed by atoms with Gasteiger partial charge in [-0.05, 0) is 43.3 Å². The second-order valence-electron chi connectivity index (χ2n) is 5.75. The number of H-pyrrole nitrogens is 1. The largest absolute Gasteiger partial charge is 0.497 e. The number of hydrogen-bond acceptors (Lipinski definition) is 6. The van der Waals surface area contributed by atoms with Gasteiger partial charge in [0.25, 0.3) is 5.56 Å². The number of methoxy groups -OCH3 is 1. The molecule has 0 radical (unpaired) electrons. The number of nitrogen functional groups attached to an aromatic ring is 1. The number of aromatic nitrogens is 2. The summed E-state index contributed by atoms with van der Waals surface area (Å²) >= 11 is 0. The molecule has 0 aliphatic carbocycles. The number of aliphatic imine (C=N–C) groups is 1. The van der Waals surface area contributed by atoms with Gasteiger partial charge >= 0.3 is 5.69 Å². The highest BCUT2D eigenvalue weighted by Gasteiger charge is 2.18. The summed E-state index contributed by atoms with van der Waals surface area (Å²) < 4.78 is 6.08. The number of ether oxygens (including phenoxy) is 1. The van der Waals surface area contributed by atoms with E-state index in [0.717, 1.165) is 4.57 Å². The van der Waals surface area contributed by atoms with Gasteiger partial charge in [-0.15, -0.1) is 0 Å². The number of para-hydroxylation sites is 2. The van der Waals surface area contributed by atoms with E-state index in [1.54, 1.807) is 55.5 Å². The summed E-state index contributed by atoms with van der Waals surface area (Å²) in [5.41, 5.74) is 5.71. The van der Waals surface area contributed by atoms with Crippen LogP contribution in [0, 0.1) is 0 Å². The Morgan fingerprint density at radius 3 is 2.44 bits per heavy atom. The minimum Gasteiger partial charge on any atom is -0.497 e. The summed E-state index contributed by atoms with van der Waals surface area (Å²) in [6.07, 6.45) is 0. The fourth-order valence-electron chi connectivity index (χ4n) is 2.65. The van der Waals surface area contributed by atoms with E-state index in [9.17, 15) is 14.7 Å². The molecule has 0 saturated carbocycles. The number of hydrogen-bond donors (Lipinski definition) is 3. The van der Waals surface area contributed by atoms with E-state index in [1.165, 1.54) is 7.11 Å². The Bertz CT molecular complexity index is 1130. The summed E-state index contributed by atoms with van der Waals surface area (Å²) in [5, 5.41) is 10.6. The van der Waals surface area contributed by atoms with E-state index >= 15 is 0 Å². The first-order valence-electron chi connectivity index (χ1n) is 8.05. The highest BCUT2D eigenvalue weighted by molar-refractivity contribution is 6.02. The van der Waals surface area contributed by atoms with Crippen LogP contribution >= 0.6 is 0 Å². The molecule has 0 fully saturated rings. The lowest BCUT2D eigenvalue weighted by Crippen LogP contribution is -2.32. The first-order valence-corrected chi connectivity index (χ1v) is 8.05. The third-order valence-corrected chi connectivity index (χ3v) is 4.00. The molecule has 0 spiro atoms. The SMILES string of the molecule is COc1ccc(-n2c(O)c(C(C)=Nc3ccccc3N)c(=O)[nH]c2=O)cc1. The van der Waals surface area contributed by atoms with E-state index in [-0.39, 0.29) is 11.3 Å². The van der Waals surface area contributed by atoms with Crippen molar-refractivity contribution in [1.82, 2.24) is 9.55 Å². The molecule has 8 heteroatoms. The van der Waals surface area contributed by atoms with E-state index in [0.29, 0.717) is 22.8 Å². The summed E-state index contributed by atoms with van der Waals surface area (Å²) in [7, 11) is 1.52. The van der Waals surface area contributed by atoms with Crippen molar-refractivity contribution in [2.75, 3.05) is 12.8 Å². The molecule has 2 aromatic carbocycles. The average molecular weight is 366 g/mol. The molecule has 3 aromatic rings. The predicted octanol–water partition coefficient (Wildman–Crippen LogP) is 1.96. The maximum atomic E-state index is 12.3. The van der Waals surface area contributed by atoms with Crippen LogP contribution in [0.2, 0.25) is 0 Å². The third kappa shape index (κ3) is 3.45. The topological polar surface area (TPSA) is 123 Å². The Kier molecular flexibility index (Phi) is 4.80. The van der Waals surface area contributed by atoms with Crippen LogP contribution in [0.3, 0.4) is 0 Å². The van der Waals surface area contributed by atoms with Crippen LogP contribution in [0.5, 0.6) is 11.6 Å². The van der Waals surface area contributed by atoms with Crippen LogP contribution in [-0.2, 0) is 0 Å². The molecule has 0 aliphatic rings. The van der Waals surface area contributed by atoms with Gasteiger partial charge in [-0.2, -0.15) is 0 Å². The number of nitrogens with two attached hydrogens (primary N) is 1. The Hall–Kier alpha value is -3.81. The number of rotatable bonds is 4. The van der Waals surface area contributed by atoms with E-state index < -0.39 is 17.1 Å². The molecule has 3 rings (SSSR count). The maximum Gasteiger partial charge on any atom is 0.335 e. The lowest BCUT2D eigenvalue weighted by atomic mass is 10.2. The minimum absolute atomic E-state index is 0.117. The molecule has 0 unspecified atom stereocenters. The molecule has 8 nitrogen and oxygen atoms in total. The van der Waals surface area contributed by atoms with Crippen molar-refractivity contribution < 1.29 is 9.84 Å². The van der Waals surface area contributed by atoms with Crippen LogP contribution in [-0.4, -0.2) is 27.5 Å². The summed E-state index contributed by atoms with van der Waals surface area (Å²) in [6.45, 7) is 1.56. The molecule has 0 amide bonds. The highest BCUT2D eigenvalue weighted by atomic mass is 16.5. The molecule has 1 heterocycles. The van der Waals surface area contributed by atoms with Crippen LogP contribution in [0.1, 0.15) is 12.5 Å². The first kappa shape index (κ1) is 18.0. The second kappa shape index (κ2) is 7.20. The zero-order chi connectivity index (χ0) is 19.6. The number of nitrogens with zero attached hydrogens (tertiary/aromatic N) is 2. The molecule has 0 aliphatic heterocycles. The van der Waals surface area contributed by atoms with Crippen molar-refractivity contribution in [3.8, 4) is 17.3 Å². The summed E-state index contributed by atoms with van der Waals surface area (Å²) in [6, 6.07) is 13.3. The Morgan fingerprint density at radius 2 is 1.81 bits per heavy atom. The van der Waals surface area contributed by atoms with Crippen molar-refractivity contribution in [1.29, 1.82) is 0 Å². The lowest BCUT2D eigenvalue weighted by Gasteiger charge is -2.12. The van der Waals surface area contributed by atoms with Gasteiger partial charge < -0.3 is 15.6 Å². The van der Waals surface area contributed by atoms with Gasteiger partial charge in [0.05, 0.1) is 29.9 Å². The van der Waals surface area contributed by atoms with Gasteiger partial charge in [0.15, 0.2) is 0 Å². The van der Waals surface area contributed by atoms with Gasteiger partial charge in [-0.25, -0.2) is 9.36 Å². The Labute approximate surface area is 154 Å². The summed E-state index contributed by atoms with van der Waals surface area (Å²) in [4.78, 5) is 31.1. The average Bonchev–Trinajstić information content (AvgIpc) is 2.64. The molecule has 1 aromatic heterocycles. The van der Waals surface area contributed by atoms with Gasteiger partial charge in [0, 0.05) is 0 Å². The molecular formula is C19H18N4O4. The van der Waals surface area contributed by atoms with E-state index in [2.05, 4.69) is 9.98 Å². The number of anilines is 1. The van der Waals surface area contributed by atoms with Crippen molar-refractivity contribution >= 4 is 17.1 Å². The number of aromatic amines is 1. The molecule has 0 atom stereocenters. The highest BCUT2D eigenvalue weighted by Crippen LogP contribution is 2.24. The van der Waals surface area contributed by atoms with E-state index in [1.807, 2.05) is 0 Å². The molecule has 0 saturated heterocycles. The predicted molar refractivity (Wildman–Crippen MR) is 104 cm³/mol. The van der Waals surface area contributed by atoms with Crippen molar-refractivity contribution in [3.63, 3.8) is 0 Å². The van der Waals surface area contributed by atoms with Crippen molar-refractivity contribution in [2.24, 2.45) is 4.99 Å². The van der Waals surface area contributed by atoms with E-state index in [4.69, 9.17) is 10.5 Å². The quantitative estimate of drug-likeness (QED) is 0.481. The van der Waals surface area contributed by atoms with Gasteiger partial charge in [-0.1, -0.05) is 12.1 Å². The fourth-order valence-corrected chi connectivity index (χ4v) is 2.65. The van der Waals surface area contributed by atoms with Gasteiger partial charge in [0.1, 0.15) is 11.3 Å². The zero-order valence-corrected chi connectivity index (χ0v) is 14.8. The van der Waals surface area contributed by atoms with Gasteiger partial charge in [-0.3, -0.25) is 14.8 Å². The van der Waals surface area contributed by atoms with Crippen LogP contribution in [0.15, 0.2) is 63.1 Å². The van der Waals surface area contributed by atoms with Crippen molar-refractivity contribution in [3.05, 3.63) is 74.9 Å². The maximum absolute atomic E-state index is 12.3. The lowest BCUT2D eigenvalue weighted by molar-refractivity contribution is 0.414. The number of benzene rings is 2. The third-order valence-electron chi connectivity index (χ3n) is 4.00. The fraction of sp³-hybridized carbons (Fsp3) is 0.105. The normalized spacial score (nSPS) is 11.4. The van der Waals surface area contributed by atoms with Crippen molar-refractivity contribution in [2.45, 2.75) is 6.92 Å². The first-order chi connectivity index (χ1) is 12.9. The number of nitrogens with one attached hydrogen (secondary N) is 1. The molecule has 4 N–H and O–H groups in total. The Balaban J connectivity index is 2.18.